The minimum atomic E-state index is -0.105. The third-order valence-corrected chi connectivity index (χ3v) is 5.12. The number of aryl methyl sites for hydroxylation is 1. The molecule has 1 fully saturated rings. The summed E-state index contributed by atoms with van der Waals surface area (Å²) < 4.78 is 10.7. The van der Waals surface area contributed by atoms with Gasteiger partial charge in [-0.05, 0) is 31.9 Å². The van der Waals surface area contributed by atoms with Crippen molar-refractivity contribution in [3.8, 4) is 17.3 Å². The number of hydrogen-bond acceptors (Lipinski definition) is 10. The maximum atomic E-state index is 10.9. The van der Waals surface area contributed by atoms with E-state index in [0.29, 0.717) is 35.5 Å². The first-order chi connectivity index (χ1) is 15.7. The predicted octanol–water partition coefficient (Wildman–Crippen LogP) is 3.18. The topological polar surface area (TPSA) is 135 Å². The molecular formula is C21H20N8O3. The van der Waals surface area contributed by atoms with E-state index in [1.807, 2.05) is 42.2 Å². The van der Waals surface area contributed by atoms with Crippen LogP contribution in [0.3, 0.4) is 0 Å². The van der Waals surface area contributed by atoms with Crippen LogP contribution in [0, 0.1) is 6.92 Å². The van der Waals surface area contributed by atoms with Crippen molar-refractivity contribution in [1.82, 2.24) is 30.3 Å². The van der Waals surface area contributed by atoms with Crippen LogP contribution in [0.5, 0.6) is 5.88 Å². The number of carbonyl (C=O) groups is 1. The molecule has 1 aliphatic heterocycles. The first kappa shape index (κ1) is 19.7. The minimum Gasteiger partial charge on any atom is -0.409 e. The van der Waals surface area contributed by atoms with Crippen LogP contribution in [0.4, 0.5) is 17.6 Å². The molecule has 11 heteroatoms. The van der Waals surface area contributed by atoms with Gasteiger partial charge in [-0.2, -0.15) is 15.1 Å². The fourth-order valence-corrected chi connectivity index (χ4v) is 3.71. The molecule has 32 heavy (non-hydrogen) atoms. The summed E-state index contributed by atoms with van der Waals surface area (Å²) in [6.07, 6.45) is 3.49. The molecular weight excluding hydrogens is 412 g/mol. The molecule has 4 aromatic rings. The van der Waals surface area contributed by atoms with Crippen LogP contribution >= 0.6 is 0 Å². The van der Waals surface area contributed by atoms with E-state index >= 15 is 0 Å². The Morgan fingerprint density at radius 1 is 1.22 bits per heavy atom. The summed E-state index contributed by atoms with van der Waals surface area (Å²) >= 11 is 0. The molecule has 0 aliphatic carbocycles. The zero-order chi connectivity index (χ0) is 21.9. The molecule has 0 saturated carbocycles. The third-order valence-electron chi connectivity index (χ3n) is 5.12. The lowest BCUT2D eigenvalue weighted by atomic mass is 10.1. The lowest BCUT2D eigenvalue weighted by Crippen LogP contribution is -2.24. The van der Waals surface area contributed by atoms with E-state index in [9.17, 15) is 4.79 Å². The van der Waals surface area contributed by atoms with E-state index in [-0.39, 0.29) is 11.9 Å². The van der Waals surface area contributed by atoms with Gasteiger partial charge < -0.3 is 19.5 Å². The van der Waals surface area contributed by atoms with Gasteiger partial charge in [0.1, 0.15) is 11.5 Å². The van der Waals surface area contributed by atoms with Crippen LogP contribution in [0.2, 0.25) is 0 Å². The van der Waals surface area contributed by atoms with Gasteiger partial charge in [0, 0.05) is 36.6 Å². The normalized spacial score (nSPS) is 15.7. The minimum absolute atomic E-state index is 0.105. The molecule has 0 aromatic carbocycles. The standard InChI is InChI=1S/C21H20N8O3/c1-13-9-19(27-26-13)23-18-11-20(31-12-30)25-21(24-18)29-8-4-6-16(29)17-10-15(28-32-17)14-5-2-3-7-22-14/h2-3,5,7,9-12,16H,4,6,8H2,1H3,(H2,23,24,25,26,27). The highest BCUT2D eigenvalue weighted by Gasteiger charge is 2.32. The maximum Gasteiger partial charge on any atom is 0.299 e. The van der Waals surface area contributed by atoms with Crippen molar-refractivity contribution in [2.45, 2.75) is 25.8 Å². The van der Waals surface area contributed by atoms with Gasteiger partial charge in [-0.3, -0.25) is 14.9 Å². The smallest absolute Gasteiger partial charge is 0.299 e. The summed E-state index contributed by atoms with van der Waals surface area (Å²) in [7, 11) is 0. The monoisotopic (exact) mass is 432 g/mol. The second-order valence-electron chi connectivity index (χ2n) is 7.35. The molecule has 0 bridgehead atoms. The van der Waals surface area contributed by atoms with Crippen LogP contribution in [0.1, 0.15) is 30.3 Å². The summed E-state index contributed by atoms with van der Waals surface area (Å²) in [5.41, 5.74) is 2.31. The third kappa shape index (κ3) is 4.00. The number of nitrogens with zero attached hydrogens (tertiary/aromatic N) is 6. The Morgan fingerprint density at radius 2 is 2.16 bits per heavy atom. The number of hydrogen-bond donors (Lipinski definition) is 2. The molecule has 162 valence electrons. The molecule has 1 unspecified atom stereocenters. The quantitative estimate of drug-likeness (QED) is 0.419. The van der Waals surface area contributed by atoms with Gasteiger partial charge in [0.05, 0.1) is 11.7 Å². The van der Waals surface area contributed by atoms with Gasteiger partial charge in [-0.1, -0.05) is 11.2 Å². The lowest BCUT2D eigenvalue weighted by molar-refractivity contribution is -0.120. The van der Waals surface area contributed by atoms with Crippen LogP contribution in [0.15, 0.2) is 47.1 Å². The molecule has 0 spiro atoms. The number of rotatable bonds is 7. The average Bonchev–Trinajstić information content (AvgIpc) is 3.55. The Morgan fingerprint density at radius 3 is 2.94 bits per heavy atom. The molecule has 0 amide bonds. The zero-order valence-electron chi connectivity index (χ0n) is 17.2. The Bertz CT molecular complexity index is 1220. The molecule has 1 atom stereocenters. The Kier molecular flexibility index (Phi) is 5.20. The number of H-pyrrole nitrogens is 1. The molecule has 1 saturated heterocycles. The van der Waals surface area contributed by atoms with Crippen molar-refractivity contribution >= 4 is 24.1 Å². The SMILES string of the molecule is Cc1cc(Nc2cc(OC=O)nc(N3CCCC3c3cc(-c4ccccn4)no3)n2)n[nH]1. The first-order valence-electron chi connectivity index (χ1n) is 10.1. The number of carbonyl (C=O) groups excluding carboxylic acids is 1. The summed E-state index contributed by atoms with van der Waals surface area (Å²) in [6.45, 7) is 2.96. The van der Waals surface area contributed by atoms with Crippen molar-refractivity contribution in [3.63, 3.8) is 0 Å². The van der Waals surface area contributed by atoms with E-state index in [2.05, 4.69) is 35.6 Å². The highest BCUT2D eigenvalue weighted by Crippen LogP contribution is 2.37. The highest BCUT2D eigenvalue weighted by atomic mass is 16.5. The molecule has 0 radical (unpaired) electrons. The van der Waals surface area contributed by atoms with Crippen LogP contribution in [0.25, 0.3) is 11.4 Å². The molecule has 11 nitrogen and oxygen atoms in total. The van der Waals surface area contributed by atoms with Crippen molar-refractivity contribution in [2.75, 3.05) is 16.8 Å². The average molecular weight is 432 g/mol. The van der Waals surface area contributed by atoms with Gasteiger partial charge in [0.15, 0.2) is 11.6 Å². The Labute approximate surface area is 182 Å². The maximum absolute atomic E-state index is 10.9. The van der Waals surface area contributed by atoms with E-state index in [0.717, 1.165) is 30.8 Å². The zero-order valence-corrected chi connectivity index (χ0v) is 17.2. The lowest BCUT2D eigenvalue weighted by Gasteiger charge is -2.23. The van der Waals surface area contributed by atoms with E-state index in [1.165, 1.54) is 0 Å². The number of nitrogens with one attached hydrogen (secondary N) is 2. The molecule has 2 N–H and O–H groups in total. The van der Waals surface area contributed by atoms with Crippen LogP contribution in [-0.2, 0) is 4.79 Å². The second-order valence-corrected chi connectivity index (χ2v) is 7.35. The first-order valence-corrected chi connectivity index (χ1v) is 10.1. The number of anilines is 3. The Hall–Kier alpha value is -4.28. The number of ether oxygens (including phenoxy) is 1. The van der Waals surface area contributed by atoms with Crippen molar-refractivity contribution in [3.05, 3.63) is 54.0 Å². The van der Waals surface area contributed by atoms with E-state index in [4.69, 9.17) is 9.26 Å². The van der Waals surface area contributed by atoms with Gasteiger partial charge >= 0.3 is 0 Å². The fourth-order valence-electron chi connectivity index (χ4n) is 3.71. The highest BCUT2D eigenvalue weighted by molar-refractivity contribution is 5.58. The number of aromatic amines is 1. The second kappa shape index (κ2) is 8.46. The van der Waals surface area contributed by atoms with Crippen LogP contribution in [-0.4, -0.2) is 43.3 Å². The Balaban J connectivity index is 1.45. The largest absolute Gasteiger partial charge is 0.409 e. The number of pyridine rings is 1. The predicted molar refractivity (Wildman–Crippen MR) is 114 cm³/mol. The molecule has 5 heterocycles. The molecule has 4 aromatic heterocycles. The molecule has 1 aliphatic rings. The van der Waals surface area contributed by atoms with Gasteiger partial charge in [0.25, 0.3) is 6.47 Å². The summed E-state index contributed by atoms with van der Waals surface area (Å²) in [5, 5.41) is 14.3. The van der Waals surface area contributed by atoms with Gasteiger partial charge in [-0.15, -0.1) is 0 Å². The summed E-state index contributed by atoms with van der Waals surface area (Å²) in [5.74, 6) is 2.30. The van der Waals surface area contributed by atoms with Crippen LogP contribution < -0.4 is 15.0 Å². The summed E-state index contributed by atoms with van der Waals surface area (Å²) in [6, 6.07) is 10.8. The van der Waals surface area contributed by atoms with Gasteiger partial charge in [-0.25, -0.2) is 0 Å². The van der Waals surface area contributed by atoms with E-state index in [1.54, 1.807) is 12.3 Å². The van der Waals surface area contributed by atoms with Crippen molar-refractivity contribution in [1.29, 1.82) is 0 Å². The van der Waals surface area contributed by atoms with Crippen molar-refractivity contribution in [2.24, 2.45) is 0 Å². The van der Waals surface area contributed by atoms with E-state index < -0.39 is 0 Å². The van der Waals surface area contributed by atoms with Gasteiger partial charge in [0.2, 0.25) is 11.8 Å². The summed E-state index contributed by atoms with van der Waals surface area (Å²) in [4.78, 5) is 26.3. The fraction of sp³-hybridized carbons (Fsp3) is 0.238. The van der Waals surface area contributed by atoms with Crippen molar-refractivity contribution < 1.29 is 14.1 Å². The molecule has 5 rings (SSSR count). The number of aromatic nitrogens is 6.